The van der Waals surface area contributed by atoms with Gasteiger partial charge >= 0.3 is 0 Å². The van der Waals surface area contributed by atoms with Crippen LogP contribution in [0.3, 0.4) is 0 Å². The predicted molar refractivity (Wildman–Crippen MR) is 62.3 cm³/mol. The fourth-order valence-corrected chi connectivity index (χ4v) is 1.89. The van der Waals surface area contributed by atoms with Crippen LogP contribution in [0.5, 0.6) is 0 Å². The number of nitro groups is 1. The molecule has 2 aromatic rings. The molecule has 0 aliphatic heterocycles. The van der Waals surface area contributed by atoms with Crippen LogP contribution < -0.4 is 5.73 Å². The molecule has 0 amide bonds. The lowest BCUT2D eigenvalue weighted by Crippen LogP contribution is -2.17. The monoisotopic (exact) mass is 219 g/mol. The van der Waals surface area contributed by atoms with Gasteiger partial charge in [-0.25, -0.2) is 0 Å². The molecule has 16 heavy (non-hydrogen) atoms. The number of non-ortho nitro benzene ring substituents is 1. The van der Waals surface area contributed by atoms with Gasteiger partial charge in [-0.1, -0.05) is 6.07 Å². The summed E-state index contributed by atoms with van der Waals surface area (Å²) < 4.78 is 0. The first-order valence-electron chi connectivity index (χ1n) is 5.08. The van der Waals surface area contributed by atoms with Crippen LogP contribution in [-0.4, -0.2) is 15.9 Å². The number of nitrogens with two attached hydrogens (primary N) is 1. The molecule has 0 spiro atoms. The number of benzene rings is 1. The van der Waals surface area contributed by atoms with Crippen molar-refractivity contribution in [1.29, 1.82) is 0 Å². The topological polar surface area (TPSA) is 85.0 Å². The van der Waals surface area contributed by atoms with E-state index in [1.54, 1.807) is 12.3 Å². The third-order valence-electron chi connectivity index (χ3n) is 2.50. The van der Waals surface area contributed by atoms with E-state index >= 15 is 0 Å². The lowest BCUT2D eigenvalue weighted by molar-refractivity contribution is -0.383. The summed E-state index contributed by atoms with van der Waals surface area (Å²) in [5.41, 5.74) is 7.53. The van der Waals surface area contributed by atoms with Crippen LogP contribution in [0.25, 0.3) is 10.9 Å². The number of aromatic amines is 1. The minimum atomic E-state index is -0.360. The second-order valence-electron chi connectivity index (χ2n) is 3.95. The van der Waals surface area contributed by atoms with E-state index in [-0.39, 0.29) is 16.7 Å². The Morgan fingerprint density at radius 3 is 2.94 bits per heavy atom. The quantitative estimate of drug-likeness (QED) is 0.611. The number of nitrogens with zero attached hydrogens (tertiary/aromatic N) is 1. The van der Waals surface area contributed by atoms with Gasteiger partial charge in [-0.15, -0.1) is 0 Å². The zero-order chi connectivity index (χ0) is 11.7. The SMILES string of the molecule is C[C@H](N)Cc1c[nH]c2cccc([N+](=O)[O-])c12. The first-order valence-corrected chi connectivity index (χ1v) is 5.08. The molecular weight excluding hydrogens is 206 g/mol. The largest absolute Gasteiger partial charge is 0.361 e. The van der Waals surface area contributed by atoms with Gasteiger partial charge in [0, 0.05) is 18.3 Å². The summed E-state index contributed by atoms with van der Waals surface area (Å²) in [5, 5.41) is 11.6. The fraction of sp³-hybridized carbons (Fsp3) is 0.273. The number of nitro benzene ring substituents is 1. The number of aromatic nitrogens is 1. The van der Waals surface area contributed by atoms with E-state index in [1.807, 2.05) is 13.0 Å². The Kier molecular flexibility index (Phi) is 2.62. The van der Waals surface area contributed by atoms with Gasteiger partial charge in [0.05, 0.1) is 15.8 Å². The number of hydrogen-bond donors (Lipinski definition) is 2. The molecule has 0 bridgehead atoms. The van der Waals surface area contributed by atoms with Crippen molar-refractivity contribution >= 4 is 16.6 Å². The molecule has 0 unspecified atom stereocenters. The number of rotatable bonds is 3. The van der Waals surface area contributed by atoms with E-state index in [0.717, 1.165) is 11.1 Å². The van der Waals surface area contributed by atoms with E-state index in [0.29, 0.717) is 11.8 Å². The predicted octanol–water partition coefficient (Wildman–Crippen LogP) is 1.97. The highest BCUT2D eigenvalue weighted by Gasteiger charge is 2.16. The van der Waals surface area contributed by atoms with Crippen LogP contribution in [0.15, 0.2) is 24.4 Å². The number of fused-ring (bicyclic) bond motifs is 1. The molecule has 5 heteroatoms. The van der Waals surface area contributed by atoms with Gasteiger partial charge in [-0.05, 0) is 25.0 Å². The molecule has 3 N–H and O–H groups in total. The Balaban J connectivity index is 2.63. The number of hydrogen-bond acceptors (Lipinski definition) is 3. The molecule has 0 radical (unpaired) electrons. The first kappa shape index (κ1) is 10.6. The summed E-state index contributed by atoms with van der Waals surface area (Å²) in [4.78, 5) is 13.6. The van der Waals surface area contributed by atoms with Crippen molar-refractivity contribution in [3.63, 3.8) is 0 Å². The molecule has 2 rings (SSSR count). The van der Waals surface area contributed by atoms with Gasteiger partial charge in [-0.2, -0.15) is 0 Å². The summed E-state index contributed by atoms with van der Waals surface area (Å²) in [6.45, 7) is 1.88. The van der Waals surface area contributed by atoms with Gasteiger partial charge in [0.2, 0.25) is 0 Å². The van der Waals surface area contributed by atoms with Crippen molar-refractivity contribution in [1.82, 2.24) is 4.98 Å². The molecule has 1 heterocycles. The van der Waals surface area contributed by atoms with Crippen LogP contribution >= 0.6 is 0 Å². The molecule has 1 aromatic heterocycles. The Hall–Kier alpha value is -1.88. The highest BCUT2D eigenvalue weighted by Crippen LogP contribution is 2.28. The van der Waals surface area contributed by atoms with Crippen LogP contribution in [0.4, 0.5) is 5.69 Å². The molecule has 0 saturated carbocycles. The van der Waals surface area contributed by atoms with Crippen molar-refractivity contribution in [2.75, 3.05) is 0 Å². The van der Waals surface area contributed by atoms with Crippen LogP contribution in [0.1, 0.15) is 12.5 Å². The summed E-state index contributed by atoms with van der Waals surface area (Å²) in [6.07, 6.45) is 2.42. The van der Waals surface area contributed by atoms with Gasteiger partial charge in [0.1, 0.15) is 0 Å². The Morgan fingerprint density at radius 1 is 1.56 bits per heavy atom. The summed E-state index contributed by atoms with van der Waals surface area (Å²) in [6, 6.07) is 5.00. The normalized spacial score (nSPS) is 12.9. The van der Waals surface area contributed by atoms with Crippen molar-refractivity contribution in [2.45, 2.75) is 19.4 Å². The van der Waals surface area contributed by atoms with Gasteiger partial charge < -0.3 is 10.7 Å². The van der Waals surface area contributed by atoms with E-state index in [9.17, 15) is 10.1 Å². The standard InChI is InChI=1S/C11H13N3O2/c1-7(12)5-8-6-13-9-3-2-4-10(11(8)9)14(15)16/h2-4,6-7,13H,5,12H2,1H3/t7-/m0/s1. The third kappa shape index (κ3) is 1.77. The highest BCUT2D eigenvalue weighted by molar-refractivity contribution is 5.91. The Morgan fingerprint density at radius 2 is 2.31 bits per heavy atom. The van der Waals surface area contributed by atoms with E-state index < -0.39 is 0 Å². The first-order chi connectivity index (χ1) is 7.59. The maximum atomic E-state index is 10.9. The average Bonchev–Trinajstić information content (AvgIpc) is 2.60. The zero-order valence-electron chi connectivity index (χ0n) is 8.93. The zero-order valence-corrected chi connectivity index (χ0v) is 8.93. The summed E-state index contributed by atoms with van der Waals surface area (Å²) in [5.74, 6) is 0. The van der Waals surface area contributed by atoms with Gasteiger partial charge in [0.15, 0.2) is 0 Å². The van der Waals surface area contributed by atoms with Crippen LogP contribution in [0, 0.1) is 10.1 Å². The molecule has 1 aromatic carbocycles. The molecular formula is C11H13N3O2. The number of H-pyrrole nitrogens is 1. The second-order valence-corrected chi connectivity index (χ2v) is 3.95. The average molecular weight is 219 g/mol. The van der Waals surface area contributed by atoms with Gasteiger partial charge in [0.25, 0.3) is 5.69 Å². The lowest BCUT2D eigenvalue weighted by Gasteiger charge is -2.03. The molecule has 0 aliphatic rings. The van der Waals surface area contributed by atoms with E-state index in [4.69, 9.17) is 5.73 Å². The molecule has 0 fully saturated rings. The highest BCUT2D eigenvalue weighted by atomic mass is 16.6. The van der Waals surface area contributed by atoms with Gasteiger partial charge in [-0.3, -0.25) is 10.1 Å². The van der Waals surface area contributed by atoms with Crippen LogP contribution in [0.2, 0.25) is 0 Å². The molecule has 0 saturated heterocycles. The lowest BCUT2D eigenvalue weighted by atomic mass is 10.1. The number of nitrogens with one attached hydrogen (secondary N) is 1. The maximum absolute atomic E-state index is 10.9. The smallest absolute Gasteiger partial charge is 0.279 e. The van der Waals surface area contributed by atoms with Crippen molar-refractivity contribution in [3.8, 4) is 0 Å². The fourth-order valence-electron chi connectivity index (χ4n) is 1.89. The molecule has 5 nitrogen and oxygen atoms in total. The molecule has 84 valence electrons. The van der Waals surface area contributed by atoms with Crippen molar-refractivity contribution < 1.29 is 4.92 Å². The molecule has 0 aliphatic carbocycles. The Labute approximate surface area is 92.4 Å². The second kappa shape index (κ2) is 3.94. The van der Waals surface area contributed by atoms with Crippen molar-refractivity contribution in [2.24, 2.45) is 5.73 Å². The molecule has 1 atom stereocenters. The minimum absolute atomic E-state index is 0.0150. The summed E-state index contributed by atoms with van der Waals surface area (Å²) >= 11 is 0. The minimum Gasteiger partial charge on any atom is -0.361 e. The summed E-state index contributed by atoms with van der Waals surface area (Å²) in [7, 11) is 0. The third-order valence-corrected chi connectivity index (χ3v) is 2.50. The van der Waals surface area contributed by atoms with E-state index in [1.165, 1.54) is 6.07 Å². The van der Waals surface area contributed by atoms with Crippen molar-refractivity contribution in [3.05, 3.63) is 40.1 Å². The maximum Gasteiger partial charge on any atom is 0.279 e. The Bertz CT molecular complexity index is 531. The van der Waals surface area contributed by atoms with E-state index in [2.05, 4.69) is 4.98 Å². The van der Waals surface area contributed by atoms with Crippen LogP contribution in [-0.2, 0) is 6.42 Å².